The number of ether oxygens (including phenoxy) is 1. The van der Waals surface area contributed by atoms with Crippen LogP contribution in [0.15, 0.2) is 28.8 Å². The maximum atomic E-state index is 11.6. The molecule has 0 unspecified atom stereocenters. The van der Waals surface area contributed by atoms with E-state index in [9.17, 15) is 4.79 Å². The third-order valence-corrected chi connectivity index (χ3v) is 3.40. The molecule has 0 aromatic carbocycles. The summed E-state index contributed by atoms with van der Waals surface area (Å²) in [5.41, 5.74) is 1.41. The van der Waals surface area contributed by atoms with Gasteiger partial charge in [0.05, 0.1) is 29.6 Å². The number of nitrogens with zero attached hydrogens (tertiary/aromatic N) is 1. The zero-order valence-electron chi connectivity index (χ0n) is 11.3. The minimum Gasteiger partial charge on any atom is -0.462 e. The summed E-state index contributed by atoms with van der Waals surface area (Å²) in [5, 5.41) is 7.95. The van der Waals surface area contributed by atoms with Gasteiger partial charge < -0.3 is 4.74 Å². The number of hydrogen-bond acceptors (Lipinski definition) is 4. The van der Waals surface area contributed by atoms with Crippen molar-refractivity contribution < 1.29 is 9.53 Å². The molecule has 0 atom stereocenters. The lowest BCUT2D eigenvalue weighted by molar-refractivity contribution is -0.138. The molecule has 0 amide bonds. The second-order valence-electron chi connectivity index (χ2n) is 4.87. The van der Waals surface area contributed by atoms with Crippen molar-refractivity contribution in [1.29, 1.82) is 5.41 Å². The van der Waals surface area contributed by atoms with Crippen molar-refractivity contribution in [2.75, 3.05) is 6.61 Å². The van der Waals surface area contributed by atoms with Crippen molar-refractivity contribution in [3.63, 3.8) is 0 Å². The molecular formula is C15H20N2O2. The molecule has 2 rings (SSSR count). The Bertz CT molecular complexity index is 455. The van der Waals surface area contributed by atoms with E-state index in [1.165, 1.54) is 19.3 Å². The molecular weight excluding hydrogens is 240 g/mol. The number of rotatable bonds is 3. The Morgan fingerprint density at radius 1 is 1.37 bits per heavy atom. The summed E-state index contributed by atoms with van der Waals surface area (Å²) in [7, 11) is 0. The van der Waals surface area contributed by atoms with Crippen molar-refractivity contribution in [2.45, 2.75) is 45.1 Å². The first-order valence-corrected chi connectivity index (χ1v) is 6.94. The van der Waals surface area contributed by atoms with Gasteiger partial charge in [-0.1, -0.05) is 19.3 Å². The summed E-state index contributed by atoms with van der Waals surface area (Å²) in [4.78, 5) is 16.2. The second-order valence-corrected chi connectivity index (χ2v) is 4.87. The molecule has 4 nitrogen and oxygen atoms in total. The van der Waals surface area contributed by atoms with E-state index in [-0.39, 0.29) is 5.97 Å². The lowest BCUT2D eigenvalue weighted by atomic mass is 9.95. The number of nitrogens with one attached hydrogen (secondary N) is 1. The quantitative estimate of drug-likeness (QED) is 0.626. The lowest BCUT2D eigenvalue weighted by Gasteiger charge is -2.19. The molecule has 0 radical (unpaired) electrons. The summed E-state index contributed by atoms with van der Waals surface area (Å²) >= 11 is 0. The Hall–Kier alpha value is -1.71. The van der Waals surface area contributed by atoms with Crippen LogP contribution >= 0.6 is 0 Å². The van der Waals surface area contributed by atoms with Gasteiger partial charge in [-0.25, -0.2) is 4.79 Å². The number of hydrogen-bond donors (Lipinski definition) is 1. The van der Waals surface area contributed by atoms with Crippen molar-refractivity contribution >= 4 is 17.4 Å². The highest BCUT2D eigenvalue weighted by Crippen LogP contribution is 2.21. The summed E-state index contributed by atoms with van der Waals surface area (Å²) in [6.45, 7) is 2.12. The normalized spacial score (nSPS) is 22.5. The molecule has 0 saturated heterocycles. The van der Waals surface area contributed by atoms with E-state index in [0.29, 0.717) is 29.6 Å². The molecule has 1 saturated carbocycles. The molecule has 0 bridgehead atoms. The summed E-state index contributed by atoms with van der Waals surface area (Å²) in [6.07, 6.45) is 10.9. The number of carbonyl (C=O) groups is 1. The standard InChI is InChI=1S/C15H20N2O2/c1-2-19-15(18)11-8-9-14(13(16)10-11)17-12-6-4-3-5-7-12/h8-10,12,16H,2-7H2,1H3. The van der Waals surface area contributed by atoms with Crippen molar-refractivity contribution in [3.05, 3.63) is 23.8 Å². The van der Waals surface area contributed by atoms with E-state index in [4.69, 9.17) is 10.1 Å². The minimum atomic E-state index is -0.375. The van der Waals surface area contributed by atoms with Gasteiger partial charge in [-0.15, -0.1) is 0 Å². The zero-order valence-corrected chi connectivity index (χ0v) is 11.3. The van der Waals surface area contributed by atoms with E-state index >= 15 is 0 Å². The molecule has 0 aromatic heterocycles. The molecule has 1 fully saturated rings. The van der Waals surface area contributed by atoms with E-state index in [1.54, 1.807) is 25.2 Å². The van der Waals surface area contributed by atoms with Gasteiger partial charge in [0.25, 0.3) is 0 Å². The Kier molecular flexibility index (Phi) is 4.66. The predicted molar refractivity (Wildman–Crippen MR) is 75.9 cm³/mol. The zero-order chi connectivity index (χ0) is 13.7. The molecule has 0 heterocycles. The highest BCUT2D eigenvalue weighted by atomic mass is 16.5. The molecule has 2 aliphatic rings. The van der Waals surface area contributed by atoms with Crippen LogP contribution in [-0.2, 0) is 9.53 Å². The fraction of sp³-hybridized carbons (Fsp3) is 0.533. The van der Waals surface area contributed by atoms with Crippen LogP contribution < -0.4 is 0 Å². The van der Waals surface area contributed by atoms with Gasteiger partial charge in [-0.3, -0.25) is 10.4 Å². The van der Waals surface area contributed by atoms with E-state index in [1.807, 2.05) is 0 Å². The molecule has 19 heavy (non-hydrogen) atoms. The van der Waals surface area contributed by atoms with Gasteiger partial charge in [0.1, 0.15) is 0 Å². The Morgan fingerprint density at radius 3 is 2.74 bits per heavy atom. The Labute approximate surface area is 113 Å². The fourth-order valence-electron chi connectivity index (χ4n) is 2.40. The van der Waals surface area contributed by atoms with Crippen LogP contribution in [0.2, 0.25) is 0 Å². The maximum absolute atomic E-state index is 11.6. The average molecular weight is 260 g/mol. The van der Waals surface area contributed by atoms with Crippen LogP contribution in [0.1, 0.15) is 39.0 Å². The van der Waals surface area contributed by atoms with E-state index in [0.717, 1.165) is 12.8 Å². The van der Waals surface area contributed by atoms with E-state index in [2.05, 4.69) is 4.99 Å². The van der Waals surface area contributed by atoms with Crippen LogP contribution in [0.25, 0.3) is 0 Å². The van der Waals surface area contributed by atoms with Gasteiger partial charge in [0.15, 0.2) is 0 Å². The van der Waals surface area contributed by atoms with E-state index < -0.39 is 0 Å². The topological polar surface area (TPSA) is 62.5 Å². The molecule has 1 N–H and O–H groups in total. The molecule has 0 spiro atoms. The smallest absolute Gasteiger partial charge is 0.338 e. The van der Waals surface area contributed by atoms with Crippen molar-refractivity contribution in [3.8, 4) is 0 Å². The molecule has 2 aliphatic carbocycles. The highest BCUT2D eigenvalue weighted by molar-refractivity contribution is 6.50. The molecule has 0 aliphatic heterocycles. The summed E-state index contributed by atoms with van der Waals surface area (Å²) in [6, 6.07) is 0.339. The highest BCUT2D eigenvalue weighted by Gasteiger charge is 2.17. The first-order chi connectivity index (χ1) is 9.20. The lowest BCUT2D eigenvalue weighted by Crippen LogP contribution is -2.20. The van der Waals surface area contributed by atoms with Crippen LogP contribution in [0.3, 0.4) is 0 Å². The van der Waals surface area contributed by atoms with Crippen LogP contribution in [-0.4, -0.2) is 30.0 Å². The third-order valence-electron chi connectivity index (χ3n) is 3.40. The number of aliphatic imine (C=N–C) groups is 1. The first kappa shape index (κ1) is 13.7. The maximum Gasteiger partial charge on any atom is 0.338 e. The van der Waals surface area contributed by atoms with Crippen LogP contribution in [0, 0.1) is 5.41 Å². The third kappa shape index (κ3) is 3.63. The summed E-state index contributed by atoms with van der Waals surface area (Å²) in [5.74, 6) is -0.375. The number of esters is 1. The van der Waals surface area contributed by atoms with Crippen LogP contribution in [0.4, 0.5) is 0 Å². The number of allylic oxidation sites excluding steroid dienone is 2. The Balaban J connectivity index is 2.04. The Morgan fingerprint density at radius 2 is 2.11 bits per heavy atom. The largest absolute Gasteiger partial charge is 0.462 e. The fourth-order valence-corrected chi connectivity index (χ4v) is 2.40. The van der Waals surface area contributed by atoms with Gasteiger partial charge in [0, 0.05) is 0 Å². The van der Waals surface area contributed by atoms with Gasteiger partial charge in [0.2, 0.25) is 0 Å². The minimum absolute atomic E-state index is 0.302. The molecule has 0 aromatic rings. The van der Waals surface area contributed by atoms with Gasteiger partial charge >= 0.3 is 5.97 Å². The predicted octanol–water partition coefficient (Wildman–Crippen LogP) is 2.84. The van der Waals surface area contributed by atoms with Gasteiger partial charge in [-0.2, -0.15) is 0 Å². The monoisotopic (exact) mass is 260 g/mol. The summed E-state index contributed by atoms with van der Waals surface area (Å²) < 4.78 is 4.92. The molecule has 4 heteroatoms. The first-order valence-electron chi connectivity index (χ1n) is 6.94. The van der Waals surface area contributed by atoms with Crippen molar-refractivity contribution in [2.24, 2.45) is 4.99 Å². The second kappa shape index (κ2) is 6.45. The van der Waals surface area contributed by atoms with Crippen molar-refractivity contribution in [1.82, 2.24) is 0 Å². The average Bonchev–Trinajstić information content (AvgIpc) is 2.42. The SMILES string of the molecule is CCOC(=O)C1=CC(=N)C(=NC2CCCCC2)C=C1. The molecule has 102 valence electrons. The van der Waals surface area contributed by atoms with Gasteiger partial charge in [-0.05, 0) is 38.0 Å². The van der Waals surface area contributed by atoms with Crippen LogP contribution in [0.5, 0.6) is 0 Å². The number of carbonyl (C=O) groups excluding carboxylic acids is 1.